The number of nitrogens with one attached hydrogen (secondary N) is 1. The van der Waals surface area contributed by atoms with Gasteiger partial charge in [0.15, 0.2) is 0 Å². The average molecular weight is 296 g/mol. The first-order chi connectivity index (χ1) is 9.44. The van der Waals surface area contributed by atoms with Gasteiger partial charge in [-0.1, -0.05) is 11.8 Å². The molecular formula is C14H17FN2O2S. The van der Waals surface area contributed by atoms with E-state index < -0.39 is 15.8 Å². The molecule has 108 valence electrons. The van der Waals surface area contributed by atoms with Crippen LogP contribution in [0.2, 0.25) is 0 Å². The van der Waals surface area contributed by atoms with E-state index in [0.29, 0.717) is 11.5 Å². The second-order valence-electron chi connectivity index (χ2n) is 4.90. The number of benzene rings is 1. The van der Waals surface area contributed by atoms with Crippen molar-refractivity contribution in [3.8, 4) is 11.8 Å². The van der Waals surface area contributed by atoms with E-state index in [-0.39, 0.29) is 17.5 Å². The summed E-state index contributed by atoms with van der Waals surface area (Å²) in [4.78, 5) is -0.344. The van der Waals surface area contributed by atoms with Crippen molar-refractivity contribution in [2.45, 2.75) is 30.7 Å². The van der Waals surface area contributed by atoms with Crippen molar-refractivity contribution in [1.29, 1.82) is 0 Å². The second-order valence-corrected chi connectivity index (χ2v) is 6.58. The van der Waals surface area contributed by atoms with Crippen LogP contribution in [0.4, 0.5) is 4.39 Å². The summed E-state index contributed by atoms with van der Waals surface area (Å²) in [7, 11) is -3.83. The van der Waals surface area contributed by atoms with Crippen LogP contribution in [-0.4, -0.2) is 21.0 Å². The van der Waals surface area contributed by atoms with Crippen molar-refractivity contribution in [2.75, 3.05) is 6.54 Å². The highest BCUT2D eigenvalue weighted by Crippen LogP contribution is 2.33. The Kier molecular flexibility index (Phi) is 4.43. The van der Waals surface area contributed by atoms with Gasteiger partial charge in [0.25, 0.3) is 0 Å². The second kappa shape index (κ2) is 5.92. The van der Waals surface area contributed by atoms with Crippen LogP contribution < -0.4 is 10.5 Å². The lowest BCUT2D eigenvalue weighted by atomic mass is 10.2. The fourth-order valence-electron chi connectivity index (χ4n) is 1.95. The van der Waals surface area contributed by atoms with Crippen LogP contribution in [0.1, 0.15) is 25.3 Å². The number of hydrogen-bond donors (Lipinski definition) is 2. The van der Waals surface area contributed by atoms with Gasteiger partial charge in [0.05, 0.1) is 6.54 Å². The smallest absolute Gasteiger partial charge is 0.243 e. The summed E-state index contributed by atoms with van der Waals surface area (Å²) in [6.45, 7) is 1.97. The topological polar surface area (TPSA) is 72.2 Å². The predicted octanol–water partition coefficient (Wildman–Crippen LogP) is 1.21. The zero-order chi connectivity index (χ0) is 14.8. The van der Waals surface area contributed by atoms with E-state index in [1.165, 1.54) is 12.1 Å². The van der Waals surface area contributed by atoms with Crippen LogP contribution in [0, 0.1) is 23.6 Å². The molecule has 0 bridgehead atoms. The summed E-state index contributed by atoms with van der Waals surface area (Å²) in [5, 5.41) is 0. The minimum Gasteiger partial charge on any atom is -0.320 e. The van der Waals surface area contributed by atoms with Gasteiger partial charge in [0.1, 0.15) is 10.7 Å². The molecule has 0 radical (unpaired) electrons. The van der Waals surface area contributed by atoms with Crippen molar-refractivity contribution in [3.63, 3.8) is 0 Å². The highest BCUT2D eigenvalue weighted by Gasteiger charge is 2.32. The number of rotatable bonds is 4. The molecule has 20 heavy (non-hydrogen) atoms. The van der Waals surface area contributed by atoms with Crippen LogP contribution in [0.15, 0.2) is 23.1 Å². The van der Waals surface area contributed by atoms with Crippen molar-refractivity contribution < 1.29 is 12.8 Å². The maximum Gasteiger partial charge on any atom is 0.243 e. The van der Waals surface area contributed by atoms with Crippen LogP contribution in [-0.2, 0) is 10.0 Å². The molecule has 0 amide bonds. The molecule has 3 N–H and O–H groups in total. The predicted molar refractivity (Wildman–Crippen MR) is 74.8 cm³/mol. The molecule has 1 aromatic rings. The Balaban J connectivity index is 2.22. The van der Waals surface area contributed by atoms with Crippen molar-refractivity contribution >= 4 is 10.0 Å². The Morgan fingerprint density at radius 3 is 2.75 bits per heavy atom. The van der Waals surface area contributed by atoms with Gasteiger partial charge in [-0.3, -0.25) is 0 Å². The molecule has 0 spiro atoms. The van der Waals surface area contributed by atoms with Gasteiger partial charge in [-0.05, 0) is 43.9 Å². The molecule has 1 atom stereocenters. The highest BCUT2D eigenvalue weighted by atomic mass is 32.2. The molecule has 0 saturated heterocycles. The fourth-order valence-corrected chi connectivity index (χ4v) is 3.32. The third-order valence-electron chi connectivity index (χ3n) is 3.23. The zero-order valence-electron chi connectivity index (χ0n) is 11.2. The van der Waals surface area contributed by atoms with E-state index in [0.717, 1.165) is 18.9 Å². The highest BCUT2D eigenvalue weighted by molar-refractivity contribution is 7.89. The van der Waals surface area contributed by atoms with Crippen LogP contribution in [0.3, 0.4) is 0 Å². The summed E-state index contributed by atoms with van der Waals surface area (Å²) in [6.07, 6.45) is 2.03. The Labute approximate surface area is 118 Å². The van der Waals surface area contributed by atoms with Gasteiger partial charge >= 0.3 is 0 Å². The van der Waals surface area contributed by atoms with Gasteiger partial charge in [-0.2, -0.15) is 0 Å². The van der Waals surface area contributed by atoms with E-state index in [4.69, 9.17) is 5.73 Å². The van der Waals surface area contributed by atoms with E-state index >= 15 is 0 Å². The summed E-state index contributed by atoms with van der Waals surface area (Å²) >= 11 is 0. The third kappa shape index (κ3) is 3.57. The molecule has 1 saturated carbocycles. The Hall–Kier alpha value is -1.42. The lowest BCUT2D eigenvalue weighted by Crippen LogP contribution is -2.34. The molecule has 1 aromatic carbocycles. The summed E-state index contributed by atoms with van der Waals surface area (Å²) in [5.41, 5.74) is 5.63. The number of halogens is 1. The van der Waals surface area contributed by atoms with Crippen LogP contribution >= 0.6 is 0 Å². The molecule has 1 aliphatic carbocycles. The third-order valence-corrected chi connectivity index (χ3v) is 4.82. The summed E-state index contributed by atoms with van der Waals surface area (Å²) in [6, 6.07) is 3.65. The van der Waals surface area contributed by atoms with Gasteiger partial charge in [0.2, 0.25) is 10.0 Å². The fraction of sp³-hybridized carbons (Fsp3) is 0.429. The monoisotopic (exact) mass is 296 g/mol. The van der Waals surface area contributed by atoms with E-state index in [9.17, 15) is 12.8 Å². The zero-order valence-corrected chi connectivity index (χ0v) is 12.0. The molecule has 4 nitrogen and oxygen atoms in total. The maximum absolute atomic E-state index is 13.9. The molecule has 0 aliphatic heterocycles. The van der Waals surface area contributed by atoms with E-state index in [1.54, 1.807) is 6.92 Å². The number of nitrogens with two attached hydrogens (primary N) is 1. The molecule has 1 fully saturated rings. The van der Waals surface area contributed by atoms with Crippen molar-refractivity contribution in [1.82, 2.24) is 4.72 Å². The van der Waals surface area contributed by atoms with Crippen molar-refractivity contribution in [2.24, 2.45) is 11.7 Å². The quantitative estimate of drug-likeness (QED) is 0.820. The number of hydrogen-bond acceptors (Lipinski definition) is 3. The standard InChI is InChI=1S/C14H17FN2O2S/c1-10(12-5-6-12)17-20(18,19)14-7-4-11(3-2-8-16)9-13(14)15/h4,7,9-10,12,17H,5-6,8,16H2,1H3. The van der Waals surface area contributed by atoms with Gasteiger partial charge in [-0.15, -0.1) is 0 Å². The number of sulfonamides is 1. The van der Waals surface area contributed by atoms with E-state index in [2.05, 4.69) is 16.6 Å². The van der Waals surface area contributed by atoms with Gasteiger partial charge in [-0.25, -0.2) is 17.5 Å². The molecule has 1 aliphatic rings. The first kappa shape index (κ1) is 15.0. The SMILES string of the molecule is CC(NS(=O)(=O)c1ccc(C#CCN)cc1F)C1CC1. The van der Waals surface area contributed by atoms with Crippen LogP contribution in [0.25, 0.3) is 0 Å². The first-order valence-corrected chi connectivity index (χ1v) is 7.93. The summed E-state index contributed by atoms with van der Waals surface area (Å²) < 4.78 is 40.7. The first-order valence-electron chi connectivity index (χ1n) is 6.45. The average Bonchev–Trinajstić information content (AvgIpc) is 3.19. The molecule has 1 unspecified atom stereocenters. The van der Waals surface area contributed by atoms with Crippen molar-refractivity contribution in [3.05, 3.63) is 29.6 Å². The molecule has 2 rings (SSSR count). The molecule has 0 heterocycles. The Bertz CT molecular complexity index is 657. The largest absolute Gasteiger partial charge is 0.320 e. The maximum atomic E-state index is 13.9. The molecular weight excluding hydrogens is 279 g/mol. The van der Waals surface area contributed by atoms with Crippen LogP contribution in [0.5, 0.6) is 0 Å². The lowest BCUT2D eigenvalue weighted by molar-refractivity contribution is 0.526. The Morgan fingerprint density at radius 1 is 1.50 bits per heavy atom. The molecule has 6 heteroatoms. The summed E-state index contributed by atoms with van der Waals surface area (Å²) in [5.74, 6) is 4.82. The van der Waals surface area contributed by atoms with E-state index in [1.807, 2.05) is 0 Å². The minimum absolute atomic E-state index is 0.169. The van der Waals surface area contributed by atoms with Gasteiger partial charge < -0.3 is 5.73 Å². The Morgan fingerprint density at radius 2 is 2.20 bits per heavy atom. The minimum atomic E-state index is -3.83. The van der Waals surface area contributed by atoms with Gasteiger partial charge in [0, 0.05) is 11.6 Å². The normalized spacial score (nSPS) is 16.4. The molecule has 0 aromatic heterocycles. The lowest BCUT2D eigenvalue weighted by Gasteiger charge is -2.13.